The van der Waals surface area contributed by atoms with Crippen LogP contribution in [0.25, 0.3) is 0 Å². The van der Waals surface area contributed by atoms with Gasteiger partial charge in [-0.2, -0.15) is 0 Å². The predicted molar refractivity (Wildman–Crippen MR) is 118 cm³/mol. The van der Waals surface area contributed by atoms with Crippen molar-refractivity contribution in [1.82, 2.24) is 5.32 Å². The van der Waals surface area contributed by atoms with Crippen LogP contribution in [0.5, 0.6) is 5.75 Å². The summed E-state index contributed by atoms with van der Waals surface area (Å²) in [7, 11) is -3.37. The summed E-state index contributed by atoms with van der Waals surface area (Å²) in [6.07, 6.45) is 3.13. The number of carbonyl (C=O) groups is 2. The minimum absolute atomic E-state index is 0.0140. The molecule has 1 atom stereocenters. The fraction of sp³-hybridized carbons (Fsp3) is 0.417. The molecule has 32 heavy (non-hydrogen) atoms. The van der Waals surface area contributed by atoms with Gasteiger partial charge in [-0.3, -0.25) is 14.9 Å². The zero-order valence-electron chi connectivity index (χ0n) is 17.9. The van der Waals surface area contributed by atoms with Gasteiger partial charge in [0.25, 0.3) is 11.8 Å². The molecule has 1 aliphatic carbocycles. The fourth-order valence-electron chi connectivity index (χ4n) is 3.88. The van der Waals surface area contributed by atoms with Gasteiger partial charge >= 0.3 is 0 Å². The zero-order valence-corrected chi connectivity index (χ0v) is 18.7. The highest BCUT2D eigenvalue weighted by Gasteiger charge is 2.27. The number of aryl methyl sites for hydroxylation is 1. The van der Waals surface area contributed by atoms with Gasteiger partial charge in [0, 0.05) is 6.07 Å². The standard InChI is InChI=1S/C24H26FNO5S/c1-15(18-10-19(25)12-20(11-18)31-13-17-4-5-17)14-32(29,30)8-2-3-16-6-7-21-22(9-16)24(28)26-23(21)27/h6-7,9-12,15,17H,2-5,8,13-14H2,1H3,(H,26,27,28)/t15-/m0/s1. The molecular weight excluding hydrogens is 433 g/mol. The summed E-state index contributed by atoms with van der Waals surface area (Å²) in [5, 5.41) is 2.24. The molecule has 1 heterocycles. The largest absolute Gasteiger partial charge is 0.493 e. The Morgan fingerprint density at radius 1 is 1.09 bits per heavy atom. The van der Waals surface area contributed by atoms with E-state index in [9.17, 15) is 22.4 Å². The number of ether oxygens (including phenoxy) is 1. The number of halogens is 1. The van der Waals surface area contributed by atoms with Crippen molar-refractivity contribution in [2.75, 3.05) is 18.1 Å². The second-order valence-electron chi connectivity index (χ2n) is 8.76. The molecule has 1 fully saturated rings. The summed E-state index contributed by atoms with van der Waals surface area (Å²) in [5.74, 6) is -0.754. The third-order valence-corrected chi connectivity index (χ3v) is 7.79. The van der Waals surface area contributed by atoms with Crippen LogP contribution in [0.4, 0.5) is 4.39 Å². The van der Waals surface area contributed by atoms with Crippen LogP contribution in [-0.2, 0) is 16.3 Å². The van der Waals surface area contributed by atoms with Crippen molar-refractivity contribution in [2.24, 2.45) is 5.92 Å². The highest BCUT2D eigenvalue weighted by atomic mass is 32.2. The van der Waals surface area contributed by atoms with Gasteiger partial charge in [0.2, 0.25) is 0 Å². The van der Waals surface area contributed by atoms with E-state index < -0.39 is 27.5 Å². The van der Waals surface area contributed by atoms with Gasteiger partial charge in [-0.1, -0.05) is 13.0 Å². The first kappa shape index (κ1) is 22.5. The quantitative estimate of drug-likeness (QED) is 0.548. The Bertz CT molecular complexity index is 1160. The number of fused-ring (bicyclic) bond motifs is 1. The van der Waals surface area contributed by atoms with Crippen molar-refractivity contribution < 1.29 is 27.1 Å². The SMILES string of the molecule is C[C@@H](CS(=O)(=O)CCCc1ccc2c(c1)C(=O)NC2=O)c1cc(F)cc(OCC2CC2)c1. The number of amides is 2. The van der Waals surface area contributed by atoms with E-state index in [0.717, 1.165) is 18.4 Å². The minimum atomic E-state index is -3.37. The second-order valence-corrected chi connectivity index (χ2v) is 11.0. The van der Waals surface area contributed by atoms with E-state index in [1.807, 2.05) is 0 Å². The lowest BCUT2D eigenvalue weighted by Crippen LogP contribution is -2.19. The summed E-state index contributed by atoms with van der Waals surface area (Å²) in [5.41, 5.74) is 2.08. The average Bonchev–Trinajstić information content (AvgIpc) is 3.51. The average molecular weight is 460 g/mol. The van der Waals surface area contributed by atoms with Gasteiger partial charge in [-0.15, -0.1) is 0 Å². The Labute approximate surface area is 187 Å². The molecule has 0 saturated heterocycles. The molecule has 170 valence electrons. The summed E-state index contributed by atoms with van der Waals surface area (Å²) in [4.78, 5) is 23.4. The van der Waals surface area contributed by atoms with E-state index in [1.54, 1.807) is 31.2 Å². The Kier molecular flexibility index (Phi) is 6.33. The van der Waals surface area contributed by atoms with Crippen molar-refractivity contribution in [3.8, 4) is 5.75 Å². The van der Waals surface area contributed by atoms with Gasteiger partial charge in [0.05, 0.1) is 29.2 Å². The first-order valence-corrected chi connectivity index (χ1v) is 12.6. The van der Waals surface area contributed by atoms with Crippen molar-refractivity contribution in [1.29, 1.82) is 0 Å². The van der Waals surface area contributed by atoms with Gasteiger partial charge in [-0.05, 0) is 72.9 Å². The molecule has 0 unspecified atom stereocenters. The number of imide groups is 1. The van der Waals surface area contributed by atoms with E-state index >= 15 is 0 Å². The Morgan fingerprint density at radius 2 is 1.84 bits per heavy atom. The van der Waals surface area contributed by atoms with E-state index in [4.69, 9.17) is 4.74 Å². The van der Waals surface area contributed by atoms with Crippen LogP contribution in [0, 0.1) is 11.7 Å². The highest BCUT2D eigenvalue weighted by molar-refractivity contribution is 7.91. The topological polar surface area (TPSA) is 89.5 Å². The number of hydrogen-bond donors (Lipinski definition) is 1. The zero-order chi connectivity index (χ0) is 22.9. The van der Waals surface area contributed by atoms with Crippen LogP contribution in [0.1, 0.15) is 63.9 Å². The first-order valence-electron chi connectivity index (χ1n) is 10.8. The third-order valence-electron chi connectivity index (χ3n) is 5.87. The minimum Gasteiger partial charge on any atom is -0.493 e. The number of nitrogens with one attached hydrogen (secondary N) is 1. The Hall–Kier alpha value is -2.74. The van der Waals surface area contributed by atoms with E-state index in [2.05, 4.69) is 5.32 Å². The molecule has 0 bridgehead atoms. The number of rotatable bonds is 10. The van der Waals surface area contributed by atoms with Crippen molar-refractivity contribution in [2.45, 2.75) is 38.5 Å². The molecule has 0 aromatic heterocycles. The van der Waals surface area contributed by atoms with Crippen LogP contribution >= 0.6 is 0 Å². The highest BCUT2D eigenvalue weighted by Crippen LogP contribution is 2.31. The summed E-state index contributed by atoms with van der Waals surface area (Å²) in [6.45, 7) is 2.33. The molecular formula is C24H26FNO5S. The first-order chi connectivity index (χ1) is 15.2. The van der Waals surface area contributed by atoms with Gasteiger partial charge in [0.1, 0.15) is 11.6 Å². The van der Waals surface area contributed by atoms with Crippen LogP contribution in [0.2, 0.25) is 0 Å². The molecule has 1 aliphatic heterocycles. The molecule has 2 aromatic carbocycles. The summed E-state index contributed by atoms with van der Waals surface area (Å²) < 4.78 is 45.0. The molecule has 1 N–H and O–H groups in total. The molecule has 2 aromatic rings. The summed E-state index contributed by atoms with van der Waals surface area (Å²) in [6, 6.07) is 9.39. The second kappa shape index (κ2) is 9.02. The number of hydrogen-bond acceptors (Lipinski definition) is 5. The lowest BCUT2D eigenvalue weighted by molar-refractivity contribution is 0.0879. The Morgan fingerprint density at radius 3 is 2.59 bits per heavy atom. The number of benzene rings is 2. The van der Waals surface area contributed by atoms with Crippen LogP contribution in [0.15, 0.2) is 36.4 Å². The van der Waals surface area contributed by atoms with Crippen LogP contribution in [0.3, 0.4) is 0 Å². The smallest absolute Gasteiger partial charge is 0.258 e. The third kappa shape index (κ3) is 5.54. The molecule has 2 amide bonds. The molecule has 0 radical (unpaired) electrons. The number of carbonyl (C=O) groups excluding carboxylic acids is 2. The lowest BCUT2D eigenvalue weighted by atomic mass is 10.0. The maximum absolute atomic E-state index is 14.0. The van der Waals surface area contributed by atoms with Crippen molar-refractivity contribution in [3.63, 3.8) is 0 Å². The predicted octanol–water partition coefficient (Wildman–Crippen LogP) is 3.65. The molecule has 8 heteroatoms. The molecule has 4 rings (SSSR count). The Balaban J connectivity index is 1.33. The van der Waals surface area contributed by atoms with E-state index in [1.165, 1.54) is 12.1 Å². The van der Waals surface area contributed by atoms with Gasteiger partial charge in [-0.25, -0.2) is 12.8 Å². The molecule has 6 nitrogen and oxygen atoms in total. The number of sulfone groups is 1. The van der Waals surface area contributed by atoms with Gasteiger partial charge < -0.3 is 4.74 Å². The monoisotopic (exact) mass is 459 g/mol. The van der Waals surface area contributed by atoms with E-state index in [-0.39, 0.29) is 17.4 Å². The maximum atomic E-state index is 14.0. The van der Waals surface area contributed by atoms with Crippen molar-refractivity contribution >= 4 is 21.7 Å². The van der Waals surface area contributed by atoms with E-state index in [0.29, 0.717) is 47.8 Å². The fourth-order valence-corrected chi connectivity index (χ4v) is 5.58. The molecule has 0 spiro atoms. The van der Waals surface area contributed by atoms with Gasteiger partial charge in [0.15, 0.2) is 9.84 Å². The summed E-state index contributed by atoms with van der Waals surface area (Å²) >= 11 is 0. The van der Waals surface area contributed by atoms with Crippen LogP contribution in [-0.4, -0.2) is 38.3 Å². The molecule has 1 saturated carbocycles. The lowest BCUT2D eigenvalue weighted by Gasteiger charge is -2.15. The van der Waals surface area contributed by atoms with Crippen LogP contribution < -0.4 is 10.1 Å². The van der Waals surface area contributed by atoms with Crippen molar-refractivity contribution in [3.05, 3.63) is 64.5 Å². The maximum Gasteiger partial charge on any atom is 0.258 e. The normalized spacial score (nSPS) is 16.6. The molecule has 2 aliphatic rings.